The number of para-hydroxylation sites is 1. The highest BCUT2D eigenvalue weighted by Gasteiger charge is 2.14. The molecule has 8 nitrogen and oxygen atoms in total. The topological polar surface area (TPSA) is 104 Å². The molecule has 0 unspecified atom stereocenters. The van der Waals surface area contributed by atoms with Gasteiger partial charge in [0, 0.05) is 23.2 Å². The number of carbonyl (C=O) groups excluding carboxylic acids is 1. The lowest BCUT2D eigenvalue weighted by Crippen LogP contribution is -2.20. The molecular weight excluding hydrogens is 484 g/mol. The number of thioether (sulfide) groups is 1. The third-order valence-electron chi connectivity index (χ3n) is 5.57. The molecule has 4 rings (SSSR count). The molecule has 1 aromatic heterocycles. The fourth-order valence-electron chi connectivity index (χ4n) is 3.79. The smallest absolute Gasteiger partial charge is 0.250 e. The number of benzene rings is 3. The number of hydrogen-bond donors (Lipinski definition) is 3. The van der Waals surface area contributed by atoms with Crippen LogP contribution in [0.3, 0.4) is 0 Å². The van der Waals surface area contributed by atoms with Gasteiger partial charge in [0.2, 0.25) is 0 Å². The predicted octanol–water partition coefficient (Wildman–Crippen LogP) is 4.91. The summed E-state index contributed by atoms with van der Waals surface area (Å²) in [6, 6.07) is 19.7. The van der Waals surface area contributed by atoms with E-state index in [-0.39, 0.29) is 17.4 Å². The number of phenolic OH excluding ortho intramolecular Hbond substituents is 1. The Balaban J connectivity index is 1.36. The number of phenols is 1. The zero-order valence-electron chi connectivity index (χ0n) is 20.3. The van der Waals surface area contributed by atoms with Crippen LogP contribution < -0.4 is 10.7 Å². The average molecular weight is 513 g/mol. The van der Waals surface area contributed by atoms with Gasteiger partial charge in [0.1, 0.15) is 5.75 Å². The number of anilines is 1. The minimum absolute atomic E-state index is 0.103. The summed E-state index contributed by atoms with van der Waals surface area (Å²) in [5, 5.41) is 29.2. The van der Waals surface area contributed by atoms with E-state index in [1.807, 2.05) is 41.0 Å². The first-order valence-electron chi connectivity index (χ1n) is 11.7. The third-order valence-corrected chi connectivity index (χ3v) is 6.54. The molecular formula is C28H28N6O2S. The fraction of sp³-hybridized carbons (Fsp3) is 0.143. The molecule has 0 saturated carbocycles. The van der Waals surface area contributed by atoms with Gasteiger partial charge in [0.05, 0.1) is 18.5 Å². The summed E-state index contributed by atoms with van der Waals surface area (Å²) in [5.41, 5.74) is 4.76. The molecule has 0 spiro atoms. The highest BCUT2D eigenvalue weighted by Crippen LogP contribution is 2.24. The van der Waals surface area contributed by atoms with Gasteiger partial charge in [-0.1, -0.05) is 72.4 Å². The molecule has 3 N–H and O–H groups in total. The maximum Gasteiger partial charge on any atom is 0.250 e. The summed E-state index contributed by atoms with van der Waals surface area (Å²) in [6.45, 7) is 8.51. The number of aromatic nitrogens is 3. The van der Waals surface area contributed by atoms with Crippen LogP contribution in [0.15, 0.2) is 96.2 Å². The maximum absolute atomic E-state index is 12.4. The highest BCUT2D eigenvalue weighted by molar-refractivity contribution is 7.99. The quantitative estimate of drug-likeness (QED) is 0.108. The van der Waals surface area contributed by atoms with Gasteiger partial charge in [-0.15, -0.1) is 23.4 Å². The number of rotatable bonds is 12. The molecule has 3 aromatic carbocycles. The van der Waals surface area contributed by atoms with E-state index in [0.717, 1.165) is 27.8 Å². The first-order chi connectivity index (χ1) is 18.1. The van der Waals surface area contributed by atoms with Crippen molar-refractivity contribution in [3.63, 3.8) is 0 Å². The number of amides is 1. The van der Waals surface area contributed by atoms with E-state index in [1.165, 1.54) is 18.0 Å². The van der Waals surface area contributed by atoms with Crippen molar-refractivity contribution in [2.75, 3.05) is 11.1 Å². The Kier molecular flexibility index (Phi) is 8.72. The average Bonchev–Trinajstić information content (AvgIpc) is 3.30. The Labute approximate surface area is 219 Å². The van der Waals surface area contributed by atoms with E-state index in [9.17, 15) is 9.90 Å². The minimum Gasteiger partial charge on any atom is -0.507 e. The Morgan fingerprint density at radius 1 is 1.05 bits per heavy atom. The number of aromatic hydroxyl groups is 1. The van der Waals surface area contributed by atoms with Crippen molar-refractivity contribution in [1.29, 1.82) is 0 Å². The van der Waals surface area contributed by atoms with Gasteiger partial charge in [-0.05, 0) is 29.5 Å². The molecule has 37 heavy (non-hydrogen) atoms. The summed E-state index contributed by atoms with van der Waals surface area (Å²) in [7, 11) is 0. The zero-order valence-corrected chi connectivity index (χ0v) is 21.1. The second-order valence-electron chi connectivity index (χ2n) is 8.11. The molecule has 0 fully saturated rings. The van der Waals surface area contributed by atoms with Crippen LogP contribution in [0.1, 0.15) is 17.0 Å². The Bertz CT molecular complexity index is 1440. The first kappa shape index (κ1) is 25.7. The van der Waals surface area contributed by atoms with Crippen molar-refractivity contribution in [2.45, 2.75) is 24.7 Å². The van der Waals surface area contributed by atoms with E-state index in [1.54, 1.807) is 18.2 Å². The normalized spacial score (nSPS) is 11.0. The number of nitrogens with zero attached hydrogens (tertiary/aromatic N) is 4. The van der Waals surface area contributed by atoms with E-state index in [2.05, 4.69) is 57.4 Å². The Morgan fingerprint density at radius 3 is 2.70 bits per heavy atom. The second-order valence-corrected chi connectivity index (χ2v) is 9.05. The number of carbonyl (C=O) groups is 1. The van der Waals surface area contributed by atoms with Crippen LogP contribution >= 0.6 is 11.8 Å². The number of hydrazone groups is 1. The lowest BCUT2D eigenvalue weighted by atomic mass is 10.1. The van der Waals surface area contributed by atoms with Crippen molar-refractivity contribution in [3.8, 4) is 5.75 Å². The fourth-order valence-corrected chi connectivity index (χ4v) is 4.55. The molecule has 0 bridgehead atoms. The molecule has 9 heteroatoms. The van der Waals surface area contributed by atoms with Crippen LogP contribution in [-0.2, 0) is 24.3 Å². The monoisotopic (exact) mass is 512 g/mol. The number of nitrogens with one attached hydrogen (secondary N) is 2. The van der Waals surface area contributed by atoms with Crippen molar-refractivity contribution in [1.82, 2.24) is 20.2 Å². The lowest BCUT2D eigenvalue weighted by molar-refractivity contribution is -0.118. The molecule has 188 valence electrons. The van der Waals surface area contributed by atoms with E-state index >= 15 is 0 Å². The number of fused-ring (bicyclic) bond motifs is 1. The second kappa shape index (κ2) is 12.5. The van der Waals surface area contributed by atoms with Crippen LogP contribution in [0.25, 0.3) is 10.8 Å². The van der Waals surface area contributed by atoms with Crippen molar-refractivity contribution in [3.05, 3.63) is 103 Å². The van der Waals surface area contributed by atoms with E-state index < -0.39 is 0 Å². The van der Waals surface area contributed by atoms with Crippen LogP contribution in [0, 0.1) is 0 Å². The maximum atomic E-state index is 12.4. The van der Waals surface area contributed by atoms with E-state index in [4.69, 9.17) is 0 Å². The summed E-state index contributed by atoms with van der Waals surface area (Å²) >= 11 is 1.27. The minimum atomic E-state index is -0.299. The van der Waals surface area contributed by atoms with E-state index in [0.29, 0.717) is 30.2 Å². The summed E-state index contributed by atoms with van der Waals surface area (Å²) < 4.78 is 1.93. The standard InChI is InChI=1S/C28H28N6O2S/c1-3-9-21-12-7-13-22(27(21)36)17-30-32-26(35)19-37-28-33-31-25(34(28)16-4-2)18-29-24-15-8-11-20-10-5-6-14-23(20)24/h3-8,10-15,17,29,36H,1-2,9,16,18-19H2,(H,32,35)/b30-17-. The summed E-state index contributed by atoms with van der Waals surface area (Å²) in [4.78, 5) is 12.4. The van der Waals surface area contributed by atoms with Gasteiger partial charge in [-0.25, -0.2) is 5.43 Å². The SMILES string of the molecule is C=CCc1cccc(/C=N\NC(=O)CSc2nnc(CNc3cccc4ccccc34)n2CC=C)c1O. The van der Waals surface area contributed by atoms with Gasteiger partial charge >= 0.3 is 0 Å². The molecule has 0 atom stereocenters. The summed E-state index contributed by atoms with van der Waals surface area (Å²) in [6.07, 6.45) is 5.44. The van der Waals surface area contributed by atoms with Gasteiger partial charge in [0.25, 0.3) is 5.91 Å². The lowest BCUT2D eigenvalue weighted by Gasteiger charge is -2.11. The van der Waals surface area contributed by atoms with Gasteiger partial charge in [-0.3, -0.25) is 4.79 Å². The van der Waals surface area contributed by atoms with Gasteiger partial charge in [0.15, 0.2) is 11.0 Å². The largest absolute Gasteiger partial charge is 0.507 e. The van der Waals surface area contributed by atoms with Crippen molar-refractivity contribution in [2.24, 2.45) is 5.10 Å². The number of hydrogen-bond acceptors (Lipinski definition) is 7. The van der Waals surface area contributed by atoms with Gasteiger partial charge < -0.3 is 15.0 Å². The molecule has 0 aliphatic heterocycles. The van der Waals surface area contributed by atoms with Crippen LogP contribution in [0.2, 0.25) is 0 Å². The molecule has 1 heterocycles. The molecule has 0 saturated heterocycles. The zero-order chi connectivity index (χ0) is 26.0. The van der Waals surface area contributed by atoms with Crippen molar-refractivity contribution >= 4 is 40.3 Å². The predicted molar refractivity (Wildman–Crippen MR) is 150 cm³/mol. The molecule has 0 aliphatic rings. The van der Waals surface area contributed by atoms with Crippen LogP contribution in [-0.4, -0.2) is 37.7 Å². The molecule has 4 aromatic rings. The van der Waals surface area contributed by atoms with Crippen LogP contribution in [0.5, 0.6) is 5.75 Å². The third kappa shape index (κ3) is 6.45. The molecule has 0 radical (unpaired) electrons. The van der Waals surface area contributed by atoms with Gasteiger partial charge in [-0.2, -0.15) is 5.10 Å². The highest BCUT2D eigenvalue weighted by atomic mass is 32.2. The first-order valence-corrected chi connectivity index (χ1v) is 12.7. The van der Waals surface area contributed by atoms with Crippen molar-refractivity contribution < 1.29 is 9.90 Å². The molecule has 1 amide bonds. The number of allylic oxidation sites excluding steroid dienone is 2. The summed E-state index contributed by atoms with van der Waals surface area (Å²) in [5.74, 6) is 0.665. The van der Waals surface area contributed by atoms with Crippen LogP contribution in [0.4, 0.5) is 5.69 Å². The Morgan fingerprint density at radius 2 is 1.86 bits per heavy atom. The Hall–Kier alpha value is -4.37. The molecule has 0 aliphatic carbocycles.